The van der Waals surface area contributed by atoms with Gasteiger partial charge < -0.3 is 15.8 Å². The maximum Gasteiger partial charge on any atom is 0.270 e. The fourth-order valence-corrected chi connectivity index (χ4v) is 3.68. The lowest BCUT2D eigenvalue weighted by Gasteiger charge is -2.21. The van der Waals surface area contributed by atoms with Crippen LogP contribution in [0.25, 0.3) is 11.4 Å². The van der Waals surface area contributed by atoms with E-state index in [2.05, 4.69) is 20.3 Å². The Morgan fingerprint density at radius 3 is 2.55 bits per heavy atom. The molecule has 0 radical (unpaired) electrons. The van der Waals surface area contributed by atoms with Crippen molar-refractivity contribution in [1.29, 1.82) is 0 Å². The van der Waals surface area contributed by atoms with Gasteiger partial charge in [0.15, 0.2) is 11.6 Å². The number of anilines is 1. The van der Waals surface area contributed by atoms with E-state index in [1.165, 1.54) is 18.2 Å². The molecule has 9 heteroatoms. The van der Waals surface area contributed by atoms with Crippen molar-refractivity contribution >= 4 is 11.7 Å². The van der Waals surface area contributed by atoms with Gasteiger partial charge in [-0.2, -0.15) is 0 Å². The molecule has 1 fully saturated rings. The van der Waals surface area contributed by atoms with Gasteiger partial charge in [0.2, 0.25) is 0 Å². The smallest absolute Gasteiger partial charge is 0.270 e. The molecule has 2 atom stereocenters. The molecular weight excluding hydrogens is 404 g/mol. The average molecular weight is 425 g/mol. The van der Waals surface area contributed by atoms with Crippen molar-refractivity contribution < 1.29 is 18.3 Å². The van der Waals surface area contributed by atoms with Crippen molar-refractivity contribution in [2.45, 2.75) is 25.3 Å². The van der Waals surface area contributed by atoms with Gasteiger partial charge in [-0.05, 0) is 49.2 Å². The Kier molecular flexibility index (Phi) is 6.01. The number of nitrogens with one attached hydrogen (secondary N) is 1. The summed E-state index contributed by atoms with van der Waals surface area (Å²) in [4.78, 5) is 25.1. The Hall–Kier alpha value is -3.62. The number of nitrogens with two attached hydrogens (primary N) is 1. The van der Waals surface area contributed by atoms with Gasteiger partial charge in [-0.1, -0.05) is 6.42 Å². The third kappa shape index (κ3) is 4.93. The molecule has 0 unspecified atom stereocenters. The van der Waals surface area contributed by atoms with Gasteiger partial charge in [0.25, 0.3) is 5.91 Å². The minimum absolute atomic E-state index is 0.0803. The Morgan fingerprint density at radius 1 is 1.06 bits per heavy atom. The maximum atomic E-state index is 13.2. The molecule has 31 heavy (non-hydrogen) atoms. The number of hydrogen-bond acceptors (Lipinski definition) is 6. The zero-order chi connectivity index (χ0) is 21.8. The Morgan fingerprint density at radius 2 is 1.81 bits per heavy atom. The molecule has 2 aromatic heterocycles. The second-order valence-corrected chi connectivity index (χ2v) is 7.39. The van der Waals surface area contributed by atoms with E-state index in [4.69, 9.17) is 10.5 Å². The zero-order valence-corrected chi connectivity index (χ0v) is 16.6. The second kappa shape index (κ2) is 9.03. The van der Waals surface area contributed by atoms with E-state index in [9.17, 15) is 13.6 Å². The molecule has 2 heterocycles. The Balaban J connectivity index is 1.47. The fraction of sp³-hybridized carbons (Fsp3) is 0.273. The Bertz CT molecular complexity index is 1060. The summed E-state index contributed by atoms with van der Waals surface area (Å²) in [6.07, 6.45) is 4.69. The predicted octanol–water partition coefficient (Wildman–Crippen LogP) is 3.38. The molecular formula is C22H21F2N5O2. The molecule has 0 spiro atoms. The van der Waals surface area contributed by atoms with E-state index in [1.807, 2.05) is 0 Å². The van der Waals surface area contributed by atoms with Gasteiger partial charge in [0.05, 0.1) is 24.6 Å². The summed E-state index contributed by atoms with van der Waals surface area (Å²) in [6.45, 7) is 0.398. The van der Waals surface area contributed by atoms with Crippen LogP contribution < -0.4 is 15.8 Å². The summed E-state index contributed by atoms with van der Waals surface area (Å²) in [6, 6.07) is 8.84. The molecule has 0 bridgehead atoms. The minimum atomic E-state index is -0.576. The molecule has 0 saturated heterocycles. The number of aromatic nitrogens is 3. The van der Waals surface area contributed by atoms with Crippen LogP contribution in [-0.4, -0.2) is 33.5 Å². The predicted molar refractivity (Wildman–Crippen MR) is 110 cm³/mol. The van der Waals surface area contributed by atoms with Crippen molar-refractivity contribution in [3.05, 3.63) is 66.1 Å². The van der Waals surface area contributed by atoms with E-state index < -0.39 is 11.7 Å². The minimum Gasteiger partial charge on any atom is -0.493 e. The molecule has 4 rings (SSSR count). The number of carbonyl (C=O) groups excluding carboxylic acids is 1. The molecule has 1 saturated carbocycles. The van der Waals surface area contributed by atoms with Crippen molar-refractivity contribution in [1.82, 2.24) is 20.3 Å². The molecule has 3 aromatic rings. The number of nitrogens with zero attached hydrogens (tertiary/aromatic N) is 3. The van der Waals surface area contributed by atoms with Crippen molar-refractivity contribution in [3.8, 4) is 17.1 Å². The van der Waals surface area contributed by atoms with E-state index in [0.29, 0.717) is 17.9 Å². The molecule has 3 N–H and O–H groups in total. The van der Waals surface area contributed by atoms with Crippen molar-refractivity contribution in [2.75, 3.05) is 12.3 Å². The van der Waals surface area contributed by atoms with Crippen LogP contribution in [0.2, 0.25) is 0 Å². The van der Waals surface area contributed by atoms with E-state index in [-0.39, 0.29) is 35.1 Å². The van der Waals surface area contributed by atoms with Crippen LogP contribution in [0.5, 0.6) is 5.75 Å². The molecule has 1 aliphatic rings. The first-order valence-corrected chi connectivity index (χ1v) is 9.93. The van der Waals surface area contributed by atoms with Crippen LogP contribution in [0, 0.1) is 17.6 Å². The highest BCUT2D eigenvalue weighted by molar-refractivity contribution is 5.98. The van der Waals surface area contributed by atoms with Crippen LogP contribution >= 0.6 is 0 Å². The Labute approximate surface area is 177 Å². The van der Waals surface area contributed by atoms with Crippen LogP contribution in [0.4, 0.5) is 14.6 Å². The van der Waals surface area contributed by atoms with Gasteiger partial charge in [-0.3, -0.25) is 4.79 Å². The SMILES string of the molecule is Nc1ccc(-c2ncc(F)cn2)c(C(=O)N[C@H]2CCC[C@@H]2COc2ccc(F)cc2)n1. The highest BCUT2D eigenvalue weighted by Gasteiger charge is 2.30. The number of amides is 1. The summed E-state index contributed by atoms with van der Waals surface area (Å²) in [5.74, 6) is -0.275. The van der Waals surface area contributed by atoms with Crippen LogP contribution in [-0.2, 0) is 0 Å². The molecule has 1 amide bonds. The first kappa shape index (κ1) is 20.6. The molecule has 7 nitrogen and oxygen atoms in total. The fourth-order valence-electron chi connectivity index (χ4n) is 3.68. The van der Waals surface area contributed by atoms with Gasteiger partial charge in [-0.25, -0.2) is 23.7 Å². The number of halogens is 2. The van der Waals surface area contributed by atoms with Crippen LogP contribution in [0.1, 0.15) is 29.8 Å². The summed E-state index contributed by atoms with van der Waals surface area (Å²) in [5, 5.41) is 3.01. The van der Waals surface area contributed by atoms with E-state index in [1.54, 1.807) is 18.2 Å². The van der Waals surface area contributed by atoms with Gasteiger partial charge >= 0.3 is 0 Å². The van der Waals surface area contributed by atoms with Crippen LogP contribution in [0.15, 0.2) is 48.8 Å². The quantitative estimate of drug-likeness (QED) is 0.628. The number of ether oxygens (including phenoxy) is 1. The molecule has 1 aromatic carbocycles. The highest BCUT2D eigenvalue weighted by Crippen LogP contribution is 2.28. The number of rotatable bonds is 6. The number of hydrogen-bond donors (Lipinski definition) is 2. The number of pyridine rings is 1. The number of benzene rings is 1. The summed E-state index contributed by atoms with van der Waals surface area (Å²) >= 11 is 0. The van der Waals surface area contributed by atoms with Crippen molar-refractivity contribution in [2.24, 2.45) is 5.92 Å². The number of nitrogen functional groups attached to an aromatic ring is 1. The topological polar surface area (TPSA) is 103 Å². The largest absolute Gasteiger partial charge is 0.493 e. The maximum absolute atomic E-state index is 13.2. The lowest BCUT2D eigenvalue weighted by atomic mass is 10.0. The third-order valence-electron chi connectivity index (χ3n) is 5.25. The van der Waals surface area contributed by atoms with Gasteiger partial charge in [0.1, 0.15) is 23.1 Å². The molecule has 0 aliphatic heterocycles. The highest BCUT2D eigenvalue weighted by atomic mass is 19.1. The zero-order valence-electron chi connectivity index (χ0n) is 16.6. The summed E-state index contributed by atoms with van der Waals surface area (Å²) in [7, 11) is 0. The van der Waals surface area contributed by atoms with Gasteiger partial charge in [-0.15, -0.1) is 0 Å². The standard InChI is InChI=1S/C22H21F2N5O2/c23-14-4-6-16(7-5-14)31-12-13-2-1-3-18(13)28-22(30)20-17(8-9-19(25)29-20)21-26-10-15(24)11-27-21/h4-11,13,18H,1-3,12H2,(H2,25,29)(H,28,30)/t13-,18+/m1/s1. The van der Waals surface area contributed by atoms with Gasteiger partial charge in [0, 0.05) is 12.0 Å². The first-order valence-electron chi connectivity index (χ1n) is 9.93. The molecule has 160 valence electrons. The number of carbonyl (C=O) groups is 1. The van der Waals surface area contributed by atoms with E-state index >= 15 is 0 Å². The summed E-state index contributed by atoms with van der Waals surface area (Å²) < 4.78 is 32.0. The third-order valence-corrected chi connectivity index (χ3v) is 5.25. The van der Waals surface area contributed by atoms with Crippen LogP contribution in [0.3, 0.4) is 0 Å². The monoisotopic (exact) mass is 425 g/mol. The van der Waals surface area contributed by atoms with E-state index in [0.717, 1.165) is 31.7 Å². The molecule has 1 aliphatic carbocycles. The normalized spacial score (nSPS) is 18.0. The second-order valence-electron chi connectivity index (χ2n) is 7.39. The summed E-state index contributed by atoms with van der Waals surface area (Å²) in [5.41, 5.74) is 6.23. The first-order chi connectivity index (χ1) is 15.0. The van der Waals surface area contributed by atoms with Crippen molar-refractivity contribution in [3.63, 3.8) is 0 Å². The average Bonchev–Trinajstić information content (AvgIpc) is 3.21. The lowest BCUT2D eigenvalue weighted by Crippen LogP contribution is -2.40. The lowest BCUT2D eigenvalue weighted by molar-refractivity contribution is 0.0914.